The number of para-hydroxylation sites is 4. The highest BCUT2D eigenvalue weighted by Gasteiger charge is 2.36. The molecule has 2 N–H and O–H groups in total. The maximum absolute atomic E-state index is 7.49. The Hall–Kier alpha value is -4.28. The maximum atomic E-state index is 7.49. The topological polar surface area (TPSA) is 146 Å². The highest BCUT2D eigenvalue weighted by Crippen LogP contribution is 2.58. The minimum atomic E-state index is -0.108. The van der Waals surface area contributed by atoms with Gasteiger partial charge in [0.25, 0.3) is 0 Å². The Morgan fingerprint density at radius 2 is 0.488 bits per heavy atom. The van der Waals surface area contributed by atoms with Crippen molar-refractivity contribution in [3.8, 4) is 91.5 Å². The summed E-state index contributed by atoms with van der Waals surface area (Å²) in [7, 11) is 0. The molecule has 0 radical (unpaired) electrons. The molecule has 0 saturated heterocycles. The van der Waals surface area contributed by atoms with Crippen LogP contribution in [0.25, 0.3) is 89.7 Å². The second-order valence-electron chi connectivity index (χ2n) is 17.8. The summed E-state index contributed by atoms with van der Waals surface area (Å²) < 4.78 is 28.0. The van der Waals surface area contributed by atoms with Gasteiger partial charge in [0, 0.05) is 0 Å². The van der Waals surface area contributed by atoms with Crippen molar-refractivity contribution >= 4 is 247 Å². The lowest BCUT2D eigenvalue weighted by Crippen LogP contribution is -1.94. The Labute approximate surface area is 566 Å². The Morgan fingerprint density at radius 1 is 0.262 bits per heavy atom. The lowest BCUT2D eigenvalue weighted by molar-refractivity contribution is 0.480. The van der Waals surface area contributed by atoms with Gasteiger partial charge in [0.05, 0.1) is 102 Å². The molecule has 8 aromatic carbocycles. The van der Waals surface area contributed by atoms with Crippen LogP contribution >= 0.6 is 203 Å². The van der Waals surface area contributed by atoms with Crippen LogP contribution in [0, 0.1) is 0 Å². The third kappa shape index (κ3) is 9.83. The Balaban J connectivity index is 1.21. The molecule has 0 amide bonds. The number of benzene rings is 8. The number of rotatable bonds is 8. The van der Waals surface area contributed by atoms with Crippen molar-refractivity contribution in [2.75, 3.05) is 0 Å². The van der Waals surface area contributed by atoms with Crippen molar-refractivity contribution in [1.29, 1.82) is 0 Å². The van der Waals surface area contributed by atoms with Crippen molar-refractivity contribution in [3.63, 3.8) is 0 Å². The summed E-state index contributed by atoms with van der Waals surface area (Å²) in [6.45, 7) is 0. The van der Waals surface area contributed by atoms with Gasteiger partial charge < -0.3 is 28.9 Å². The van der Waals surface area contributed by atoms with E-state index in [1.54, 1.807) is 78.9 Å². The molecule has 418 valence electrons. The highest BCUT2D eigenvalue weighted by atomic mass is 79.9. The van der Waals surface area contributed by atoms with E-state index in [0.717, 1.165) is 0 Å². The van der Waals surface area contributed by atoms with E-state index in [1.807, 2.05) is 18.2 Å². The zero-order valence-electron chi connectivity index (χ0n) is 40.6. The molecular weight excluding hydrogens is 1590 g/mol. The number of nitrogens with zero attached hydrogens (tertiary/aromatic N) is 6. The number of aromatic amines is 2. The number of nitrogens with one attached hydrogen (secondary N) is 2. The number of hydrogen-bond acceptors (Lipinski definition) is 10. The molecule has 0 fully saturated rings. The fourth-order valence-electron chi connectivity index (χ4n) is 9.17. The van der Waals surface area contributed by atoms with Crippen LogP contribution in [0.5, 0.6) is 46.0 Å². The van der Waals surface area contributed by atoms with Crippen LogP contribution in [0.4, 0.5) is 0 Å². The third-order valence-electron chi connectivity index (χ3n) is 12.9. The van der Waals surface area contributed by atoms with E-state index in [-0.39, 0.29) is 173 Å². The van der Waals surface area contributed by atoms with E-state index in [2.05, 4.69) is 73.7 Å². The first-order valence-corrected chi connectivity index (χ1v) is 31.4. The molecule has 12 nitrogen and oxygen atoms in total. The van der Waals surface area contributed by atoms with Crippen molar-refractivity contribution in [1.82, 2.24) is 39.9 Å². The first-order chi connectivity index (χ1) is 40.3. The predicted octanol–water partition coefficient (Wildman–Crippen LogP) is 24.9. The molecular formula is C56H18Br4Cl12N8O4. The van der Waals surface area contributed by atoms with E-state index in [1.165, 1.54) is 0 Å². The Bertz CT molecular complexity index is 4940. The number of fused-ring (bicyclic) bond motifs is 20. The normalized spacial score (nSPS) is 11.8. The van der Waals surface area contributed by atoms with E-state index in [9.17, 15) is 0 Å². The van der Waals surface area contributed by atoms with Gasteiger partial charge in [-0.25, -0.2) is 29.9 Å². The van der Waals surface area contributed by atoms with E-state index in [0.29, 0.717) is 40.9 Å². The van der Waals surface area contributed by atoms with Crippen LogP contribution in [0.2, 0.25) is 60.3 Å². The molecule has 0 spiro atoms. The summed E-state index contributed by atoms with van der Waals surface area (Å²) in [5.74, 6) is 0.756. The fraction of sp³-hybridized carbons (Fsp3) is 0. The smallest absolute Gasteiger partial charge is 0.166 e. The van der Waals surface area contributed by atoms with Crippen LogP contribution < -0.4 is 18.9 Å². The Kier molecular flexibility index (Phi) is 16.1. The number of halogens is 16. The monoisotopic (exact) mass is 1600 g/mol. The summed E-state index contributed by atoms with van der Waals surface area (Å²) in [4.78, 5) is 37.1. The first kappa shape index (κ1) is 58.7. The molecule has 11 aromatic rings. The third-order valence-corrected chi connectivity index (χ3v) is 20.3. The summed E-state index contributed by atoms with van der Waals surface area (Å²) in [5, 5.41) is -0.527. The zero-order chi connectivity index (χ0) is 58.9. The largest absolute Gasteiger partial charge is 0.453 e. The standard InChI is InChI=1S/C56H18Br4Cl12N8O4/c57-17-9-1-5-13-21(17)81-45-37(65)29-25(33(61)41(45)69)49-73-50-26-31(39(67)47(42(70)34(26)62)83-23-15-7-3-11-19(23)59)55(75-50)80-56-32-28(36(64)44(72)48(40(32)68)84-24-16-8-4-12-20(24)60)52(79-56)78-54-30-27(51(77-54)76-53(29)74-49)35(63)43(71)46(38(30)66)82-22-14-6-2-10-18(22)58/h1-16H,(H2,73,74,75,76,77,78,79,80). The van der Waals surface area contributed by atoms with Gasteiger partial charge in [-0.3, -0.25) is 0 Å². The molecule has 8 bridgehead atoms. The molecule has 0 atom stereocenters. The molecule has 0 unspecified atom stereocenters. The lowest BCUT2D eigenvalue weighted by Gasteiger charge is -2.15. The summed E-state index contributed by atoms with van der Waals surface area (Å²) >= 11 is 102. The van der Waals surface area contributed by atoms with E-state index in [4.69, 9.17) is 188 Å². The second-order valence-corrected chi connectivity index (χ2v) is 25.8. The molecule has 5 heterocycles. The van der Waals surface area contributed by atoms with Crippen molar-refractivity contribution in [2.24, 2.45) is 0 Å². The summed E-state index contributed by atoms with van der Waals surface area (Å²) in [5.41, 5.74) is 0.353. The zero-order valence-corrected chi connectivity index (χ0v) is 56.0. The molecule has 28 heteroatoms. The average molecular weight is 1610 g/mol. The lowest BCUT2D eigenvalue weighted by atomic mass is 10.1. The maximum Gasteiger partial charge on any atom is 0.166 e. The van der Waals surface area contributed by atoms with Gasteiger partial charge in [0.15, 0.2) is 46.3 Å². The van der Waals surface area contributed by atoms with Gasteiger partial charge in [-0.05, 0) is 112 Å². The molecule has 2 aliphatic heterocycles. The van der Waals surface area contributed by atoms with E-state index >= 15 is 0 Å². The molecule has 0 saturated carbocycles. The second kappa shape index (κ2) is 23.0. The van der Waals surface area contributed by atoms with Gasteiger partial charge in [-0.15, -0.1) is 0 Å². The van der Waals surface area contributed by atoms with Crippen LogP contribution in [-0.4, -0.2) is 39.9 Å². The first-order valence-electron chi connectivity index (χ1n) is 23.6. The minimum Gasteiger partial charge on any atom is -0.453 e. The van der Waals surface area contributed by atoms with Gasteiger partial charge in [-0.1, -0.05) is 188 Å². The van der Waals surface area contributed by atoms with Gasteiger partial charge >= 0.3 is 0 Å². The fourth-order valence-corrected chi connectivity index (χ4v) is 14.1. The van der Waals surface area contributed by atoms with Crippen molar-refractivity contribution in [2.45, 2.75) is 0 Å². The molecule has 0 aliphatic carbocycles. The number of aromatic nitrogens is 8. The Morgan fingerprint density at radius 3 is 0.762 bits per heavy atom. The SMILES string of the molecule is Clc1c(Cl)c2c(c(Cl)c1Oc1ccccc1Br)-c1nc-2nc2[nH]c(nc3nc(nc4[nH]c(n1)c1c(Cl)c(Cl)c(Oc5ccccc5Br)c(Cl)c41)-c1c(Cl)c(Cl)c(Oc4ccccc4Br)c(Cl)c1-3)c1c(Cl)c(Oc3ccccc3Br)c(Cl)c(Cl)c21. The van der Waals surface area contributed by atoms with Gasteiger partial charge in [0.2, 0.25) is 0 Å². The quantitative estimate of drug-likeness (QED) is 0.141. The molecule has 2 aliphatic rings. The van der Waals surface area contributed by atoms with Crippen LogP contribution in [0.15, 0.2) is 115 Å². The number of H-pyrrole nitrogens is 2. The van der Waals surface area contributed by atoms with Crippen molar-refractivity contribution in [3.05, 3.63) is 175 Å². The predicted molar refractivity (Wildman–Crippen MR) is 353 cm³/mol. The van der Waals surface area contributed by atoms with Gasteiger partial charge in [0.1, 0.15) is 65.7 Å². The van der Waals surface area contributed by atoms with E-state index < -0.39 is 0 Å². The average Bonchev–Trinajstić information content (AvgIpc) is 1.73. The van der Waals surface area contributed by atoms with Crippen LogP contribution in [0.3, 0.4) is 0 Å². The molecule has 3 aromatic heterocycles. The summed E-state index contributed by atoms with van der Waals surface area (Å²) in [6.07, 6.45) is 0. The highest BCUT2D eigenvalue weighted by molar-refractivity contribution is 9.11. The molecule has 84 heavy (non-hydrogen) atoms. The number of ether oxygens (including phenoxy) is 4. The molecule has 13 rings (SSSR count). The van der Waals surface area contributed by atoms with Crippen LogP contribution in [-0.2, 0) is 0 Å². The minimum absolute atomic E-state index is 0.0161. The van der Waals surface area contributed by atoms with Crippen molar-refractivity contribution < 1.29 is 18.9 Å². The summed E-state index contributed by atoms with van der Waals surface area (Å²) in [6, 6.07) is 28.2. The van der Waals surface area contributed by atoms with Crippen LogP contribution in [0.1, 0.15) is 0 Å². The van der Waals surface area contributed by atoms with Gasteiger partial charge in [-0.2, -0.15) is 0 Å². The number of hydrogen-bond donors (Lipinski definition) is 2.